The van der Waals surface area contributed by atoms with Crippen LogP contribution < -0.4 is 10.6 Å². The van der Waals surface area contributed by atoms with Gasteiger partial charge in [-0.15, -0.1) is 11.3 Å². The van der Waals surface area contributed by atoms with E-state index in [0.717, 1.165) is 9.35 Å². The summed E-state index contributed by atoms with van der Waals surface area (Å²) >= 11 is 5.04. The monoisotopic (exact) mass is 325 g/mol. The van der Waals surface area contributed by atoms with Gasteiger partial charge in [0, 0.05) is 22.6 Å². The molecule has 0 atom stereocenters. The third-order valence-corrected chi connectivity index (χ3v) is 4.32. The molecule has 2 aromatic heterocycles. The zero-order valence-corrected chi connectivity index (χ0v) is 12.1. The Kier molecular flexibility index (Phi) is 4.33. The average Bonchev–Trinajstić information content (AvgIpc) is 2.81. The molecule has 0 saturated carbocycles. The smallest absolute Gasteiger partial charge is 0.255 e. The van der Waals surface area contributed by atoms with Crippen LogP contribution in [-0.2, 0) is 6.54 Å². The maximum atomic E-state index is 12.0. The number of hydrogen-bond acceptors (Lipinski definition) is 4. The molecule has 0 radical (unpaired) electrons. The third kappa shape index (κ3) is 2.88. The van der Waals surface area contributed by atoms with Crippen molar-refractivity contribution in [2.24, 2.45) is 0 Å². The van der Waals surface area contributed by atoms with Crippen molar-refractivity contribution in [2.75, 3.05) is 12.4 Å². The van der Waals surface area contributed by atoms with Gasteiger partial charge in [0.2, 0.25) is 0 Å². The van der Waals surface area contributed by atoms with Gasteiger partial charge in [-0.25, -0.2) is 4.98 Å². The summed E-state index contributed by atoms with van der Waals surface area (Å²) in [5.74, 6) is 0.452. The van der Waals surface area contributed by atoms with Crippen molar-refractivity contribution in [1.29, 1.82) is 0 Å². The van der Waals surface area contributed by atoms with Gasteiger partial charge in [0.1, 0.15) is 5.82 Å². The fourth-order valence-corrected chi connectivity index (χ4v) is 2.93. The molecule has 0 aromatic carbocycles. The largest absolute Gasteiger partial charge is 0.372 e. The molecule has 0 unspecified atom stereocenters. The van der Waals surface area contributed by atoms with Crippen LogP contribution in [0.1, 0.15) is 15.2 Å². The molecule has 0 saturated heterocycles. The van der Waals surface area contributed by atoms with E-state index in [1.165, 1.54) is 0 Å². The predicted octanol–water partition coefficient (Wildman–Crippen LogP) is 2.88. The van der Waals surface area contributed by atoms with E-state index in [4.69, 9.17) is 0 Å². The van der Waals surface area contributed by atoms with E-state index in [1.54, 1.807) is 36.7 Å². The molecule has 2 heterocycles. The Bertz CT molecular complexity index is 556. The summed E-state index contributed by atoms with van der Waals surface area (Å²) in [7, 11) is 1.75. The second-order valence-corrected chi connectivity index (χ2v) is 5.38. The van der Waals surface area contributed by atoms with Crippen molar-refractivity contribution >= 4 is 39.0 Å². The molecule has 2 rings (SSSR count). The lowest BCUT2D eigenvalue weighted by atomic mass is 10.2. The van der Waals surface area contributed by atoms with Crippen LogP contribution in [0.25, 0.3) is 0 Å². The van der Waals surface area contributed by atoms with E-state index in [9.17, 15) is 4.79 Å². The number of carbonyl (C=O) groups is 1. The van der Waals surface area contributed by atoms with Crippen LogP contribution in [0.3, 0.4) is 0 Å². The molecular weight excluding hydrogens is 314 g/mol. The molecule has 94 valence electrons. The molecule has 0 aliphatic rings. The lowest BCUT2D eigenvalue weighted by molar-refractivity contribution is 0.0952. The van der Waals surface area contributed by atoms with Crippen LogP contribution in [-0.4, -0.2) is 17.9 Å². The van der Waals surface area contributed by atoms with Gasteiger partial charge in [0.15, 0.2) is 0 Å². The lowest BCUT2D eigenvalue weighted by Gasteiger charge is -2.08. The van der Waals surface area contributed by atoms with Crippen molar-refractivity contribution in [1.82, 2.24) is 10.3 Å². The Morgan fingerprint density at radius 2 is 2.33 bits per heavy atom. The van der Waals surface area contributed by atoms with Crippen LogP contribution in [0.5, 0.6) is 0 Å². The first-order valence-electron chi connectivity index (χ1n) is 5.35. The first kappa shape index (κ1) is 13.0. The Hall–Kier alpha value is -1.40. The first-order chi connectivity index (χ1) is 8.72. The van der Waals surface area contributed by atoms with Crippen molar-refractivity contribution in [2.45, 2.75) is 6.54 Å². The number of amides is 1. The molecule has 0 aliphatic heterocycles. The average molecular weight is 326 g/mol. The molecule has 2 N–H and O–H groups in total. The standard InChI is InChI=1S/C12H12BrN3OS/c1-14-11-8(3-2-5-15-11)12(17)16-7-10-9(13)4-6-18-10/h2-6H,7H2,1H3,(H,14,15)(H,16,17). The van der Waals surface area contributed by atoms with Gasteiger partial charge in [0.05, 0.1) is 12.1 Å². The minimum absolute atomic E-state index is 0.132. The van der Waals surface area contributed by atoms with E-state index in [-0.39, 0.29) is 5.91 Å². The Morgan fingerprint density at radius 1 is 1.50 bits per heavy atom. The number of pyridine rings is 1. The fourth-order valence-electron chi connectivity index (χ4n) is 1.49. The number of nitrogens with one attached hydrogen (secondary N) is 2. The molecule has 2 aromatic rings. The molecule has 0 bridgehead atoms. The molecule has 6 heteroatoms. The number of rotatable bonds is 4. The van der Waals surface area contributed by atoms with Crippen LogP contribution in [0.15, 0.2) is 34.2 Å². The summed E-state index contributed by atoms with van der Waals surface area (Å²) in [4.78, 5) is 17.2. The zero-order valence-electron chi connectivity index (χ0n) is 9.74. The van der Waals surface area contributed by atoms with E-state index < -0.39 is 0 Å². The van der Waals surface area contributed by atoms with Gasteiger partial charge >= 0.3 is 0 Å². The lowest BCUT2D eigenvalue weighted by Crippen LogP contribution is -2.23. The van der Waals surface area contributed by atoms with Gasteiger partial charge in [0.25, 0.3) is 5.91 Å². The maximum Gasteiger partial charge on any atom is 0.255 e. The highest BCUT2D eigenvalue weighted by molar-refractivity contribution is 9.10. The summed E-state index contributed by atoms with van der Waals surface area (Å²) in [6, 6.07) is 5.46. The Labute approximate surface area is 118 Å². The molecule has 18 heavy (non-hydrogen) atoms. The number of anilines is 1. The normalized spacial score (nSPS) is 10.1. The van der Waals surface area contributed by atoms with Crippen LogP contribution in [0.2, 0.25) is 0 Å². The number of aromatic nitrogens is 1. The number of thiophene rings is 1. The highest BCUT2D eigenvalue weighted by Crippen LogP contribution is 2.22. The second kappa shape index (κ2) is 5.97. The summed E-state index contributed by atoms with van der Waals surface area (Å²) in [6.07, 6.45) is 1.65. The van der Waals surface area contributed by atoms with E-state index in [0.29, 0.717) is 17.9 Å². The maximum absolute atomic E-state index is 12.0. The van der Waals surface area contributed by atoms with Gasteiger partial charge in [-0.2, -0.15) is 0 Å². The van der Waals surface area contributed by atoms with Crippen molar-refractivity contribution < 1.29 is 4.79 Å². The van der Waals surface area contributed by atoms with Crippen molar-refractivity contribution in [3.63, 3.8) is 0 Å². The Balaban J connectivity index is 2.06. The number of nitrogens with zero attached hydrogens (tertiary/aromatic N) is 1. The topological polar surface area (TPSA) is 54.0 Å². The zero-order chi connectivity index (χ0) is 13.0. The van der Waals surface area contributed by atoms with Crippen LogP contribution >= 0.6 is 27.3 Å². The number of hydrogen-bond donors (Lipinski definition) is 2. The van der Waals surface area contributed by atoms with Gasteiger partial charge < -0.3 is 10.6 Å². The Morgan fingerprint density at radius 3 is 3.00 bits per heavy atom. The molecular formula is C12H12BrN3OS. The second-order valence-electron chi connectivity index (χ2n) is 3.52. The van der Waals surface area contributed by atoms with E-state index in [2.05, 4.69) is 31.5 Å². The van der Waals surface area contributed by atoms with E-state index in [1.807, 2.05) is 11.4 Å². The summed E-state index contributed by atoms with van der Waals surface area (Å²) in [5.41, 5.74) is 0.549. The SMILES string of the molecule is CNc1ncccc1C(=O)NCc1sccc1Br. The van der Waals surface area contributed by atoms with Crippen molar-refractivity contribution in [3.8, 4) is 0 Å². The first-order valence-corrected chi connectivity index (χ1v) is 7.02. The molecule has 1 amide bonds. The molecule has 0 spiro atoms. The molecule has 4 nitrogen and oxygen atoms in total. The summed E-state index contributed by atoms with van der Waals surface area (Å²) in [6.45, 7) is 0.509. The van der Waals surface area contributed by atoms with E-state index >= 15 is 0 Å². The summed E-state index contributed by atoms with van der Waals surface area (Å²) < 4.78 is 1.02. The van der Waals surface area contributed by atoms with Gasteiger partial charge in [-0.05, 0) is 39.5 Å². The van der Waals surface area contributed by atoms with Crippen LogP contribution in [0, 0.1) is 0 Å². The molecule has 0 aliphatic carbocycles. The van der Waals surface area contributed by atoms with Gasteiger partial charge in [-0.3, -0.25) is 4.79 Å². The minimum Gasteiger partial charge on any atom is -0.372 e. The highest BCUT2D eigenvalue weighted by Gasteiger charge is 2.11. The number of carbonyl (C=O) groups excluding carboxylic acids is 1. The van der Waals surface area contributed by atoms with Crippen molar-refractivity contribution in [3.05, 3.63) is 44.7 Å². The third-order valence-electron chi connectivity index (χ3n) is 2.39. The predicted molar refractivity (Wildman–Crippen MR) is 77.0 cm³/mol. The quantitative estimate of drug-likeness (QED) is 0.908. The van der Waals surface area contributed by atoms with Crippen LogP contribution in [0.4, 0.5) is 5.82 Å². The van der Waals surface area contributed by atoms with Gasteiger partial charge in [-0.1, -0.05) is 0 Å². The minimum atomic E-state index is -0.132. The molecule has 0 fully saturated rings. The highest BCUT2D eigenvalue weighted by atomic mass is 79.9. The summed E-state index contributed by atoms with van der Waals surface area (Å²) in [5, 5.41) is 7.76. The number of halogens is 1. The fraction of sp³-hybridized carbons (Fsp3) is 0.167.